The summed E-state index contributed by atoms with van der Waals surface area (Å²) in [7, 11) is 3.87. The van der Waals surface area contributed by atoms with Crippen molar-refractivity contribution in [2.75, 3.05) is 18.5 Å². The molecule has 0 amide bonds. The summed E-state index contributed by atoms with van der Waals surface area (Å²) in [6, 6.07) is 0.636. The van der Waals surface area contributed by atoms with Crippen molar-refractivity contribution in [3.05, 3.63) is 29.9 Å². The van der Waals surface area contributed by atoms with Crippen molar-refractivity contribution in [3.8, 4) is 0 Å². The average molecular weight is 263 g/mol. The zero-order valence-corrected chi connectivity index (χ0v) is 11.8. The van der Waals surface area contributed by atoms with Crippen molar-refractivity contribution >= 4 is 6.01 Å². The van der Waals surface area contributed by atoms with Gasteiger partial charge in [-0.25, -0.2) is 0 Å². The van der Waals surface area contributed by atoms with Gasteiger partial charge < -0.3 is 14.6 Å². The quantitative estimate of drug-likeness (QED) is 0.768. The van der Waals surface area contributed by atoms with E-state index < -0.39 is 0 Å². The molecule has 2 aromatic heterocycles. The van der Waals surface area contributed by atoms with Crippen molar-refractivity contribution in [1.29, 1.82) is 0 Å². The van der Waals surface area contributed by atoms with Crippen LogP contribution in [0.5, 0.6) is 0 Å². The number of hydrogen-bond donors (Lipinski definition) is 1. The Kier molecular flexibility index (Phi) is 4.57. The summed E-state index contributed by atoms with van der Waals surface area (Å²) in [4.78, 5) is 6.43. The minimum absolute atomic E-state index is 0.636. The smallest absolute Gasteiger partial charge is 0.297 e. The largest absolute Gasteiger partial charge is 0.432 e. The molecule has 2 rings (SSSR count). The van der Waals surface area contributed by atoms with E-state index in [2.05, 4.69) is 22.3 Å². The van der Waals surface area contributed by atoms with Crippen LogP contribution in [0.15, 0.2) is 23.1 Å². The minimum atomic E-state index is 0.636. The summed E-state index contributed by atoms with van der Waals surface area (Å²) in [6.07, 6.45) is 6.66. The Bertz CT molecular complexity index is 505. The highest BCUT2D eigenvalue weighted by molar-refractivity contribution is 5.27. The van der Waals surface area contributed by atoms with Gasteiger partial charge in [0, 0.05) is 32.4 Å². The third-order valence-electron chi connectivity index (χ3n) is 2.78. The van der Waals surface area contributed by atoms with Crippen LogP contribution in [0, 0.1) is 0 Å². The lowest BCUT2D eigenvalue weighted by Crippen LogP contribution is -2.17. The highest BCUT2D eigenvalue weighted by atomic mass is 16.4. The normalized spacial score (nSPS) is 10.9. The van der Waals surface area contributed by atoms with Gasteiger partial charge in [0.25, 0.3) is 6.01 Å². The fourth-order valence-electron chi connectivity index (χ4n) is 1.84. The van der Waals surface area contributed by atoms with Crippen LogP contribution in [-0.4, -0.2) is 28.4 Å². The fraction of sp³-hybridized carbons (Fsp3) is 0.538. The van der Waals surface area contributed by atoms with E-state index in [1.165, 1.54) is 0 Å². The molecule has 1 N–H and O–H groups in total. The van der Waals surface area contributed by atoms with Gasteiger partial charge in [-0.15, -0.1) is 0 Å². The lowest BCUT2D eigenvalue weighted by molar-refractivity contribution is 0.542. The predicted octanol–water partition coefficient (Wildman–Crippen LogP) is 1.54. The van der Waals surface area contributed by atoms with E-state index in [9.17, 15) is 0 Å². The molecule has 0 atom stereocenters. The molecule has 0 radical (unpaired) electrons. The molecule has 0 saturated heterocycles. The maximum absolute atomic E-state index is 5.48. The third-order valence-corrected chi connectivity index (χ3v) is 2.78. The first-order valence-electron chi connectivity index (χ1n) is 6.53. The van der Waals surface area contributed by atoms with E-state index in [4.69, 9.17) is 4.42 Å². The summed E-state index contributed by atoms with van der Waals surface area (Å²) < 4.78 is 7.27. The van der Waals surface area contributed by atoms with Crippen molar-refractivity contribution in [2.24, 2.45) is 7.05 Å². The molecule has 0 bridgehead atoms. The van der Waals surface area contributed by atoms with Gasteiger partial charge in [0.2, 0.25) is 0 Å². The molecule has 6 heteroatoms. The van der Waals surface area contributed by atoms with Gasteiger partial charge in [0.1, 0.15) is 6.26 Å². The maximum Gasteiger partial charge on any atom is 0.297 e. The minimum Gasteiger partial charge on any atom is -0.432 e. The Morgan fingerprint density at radius 3 is 3.00 bits per heavy atom. The van der Waals surface area contributed by atoms with E-state index in [0.29, 0.717) is 6.01 Å². The average Bonchev–Trinajstić information content (AvgIpc) is 2.99. The Hall–Kier alpha value is -1.82. The molecule has 19 heavy (non-hydrogen) atoms. The number of rotatable bonds is 7. The first kappa shape index (κ1) is 13.6. The van der Waals surface area contributed by atoms with E-state index in [0.717, 1.165) is 37.3 Å². The number of aryl methyl sites for hydroxylation is 1. The number of oxazole rings is 1. The number of nitrogens with zero attached hydrogens (tertiary/aromatic N) is 4. The topological polar surface area (TPSA) is 59.1 Å². The van der Waals surface area contributed by atoms with Crippen LogP contribution < -0.4 is 10.2 Å². The number of anilines is 1. The second-order valence-corrected chi connectivity index (χ2v) is 4.68. The highest BCUT2D eigenvalue weighted by Crippen LogP contribution is 2.14. The van der Waals surface area contributed by atoms with Gasteiger partial charge in [-0.2, -0.15) is 10.1 Å². The summed E-state index contributed by atoms with van der Waals surface area (Å²) in [5.41, 5.74) is 2.07. The van der Waals surface area contributed by atoms with Crippen molar-refractivity contribution < 1.29 is 4.42 Å². The molecule has 0 aliphatic carbocycles. The van der Waals surface area contributed by atoms with Gasteiger partial charge in [0.15, 0.2) is 0 Å². The van der Waals surface area contributed by atoms with Crippen LogP contribution in [0.2, 0.25) is 0 Å². The van der Waals surface area contributed by atoms with Gasteiger partial charge in [-0.1, -0.05) is 6.92 Å². The molecule has 0 unspecified atom stereocenters. The zero-order valence-electron chi connectivity index (χ0n) is 11.8. The molecule has 0 spiro atoms. The molecule has 2 heterocycles. The summed E-state index contributed by atoms with van der Waals surface area (Å²) >= 11 is 0. The first-order valence-corrected chi connectivity index (χ1v) is 6.53. The predicted molar refractivity (Wildman–Crippen MR) is 73.8 cm³/mol. The fourth-order valence-corrected chi connectivity index (χ4v) is 1.84. The number of hydrogen-bond acceptors (Lipinski definition) is 5. The second-order valence-electron chi connectivity index (χ2n) is 4.68. The second kappa shape index (κ2) is 6.38. The summed E-state index contributed by atoms with van der Waals surface area (Å²) in [6.45, 7) is 4.62. The molecule has 0 aliphatic rings. The van der Waals surface area contributed by atoms with Crippen LogP contribution >= 0.6 is 0 Å². The number of nitrogens with one attached hydrogen (secondary N) is 1. The molecule has 0 aromatic carbocycles. The van der Waals surface area contributed by atoms with E-state index in [1.54, 1.807) is 10.9 Å². The van der Waals surface area contributed by atoms with Crippen molar-refractivity contribution in [3.63, 3.8) is 0 Å². The van der Waals surface area contributed by atoms with Gasteiger partial charge in [-0.3, -0.25) is 4.68 Å². The molecule has 0 fully saturated rings. The van der Waals surface area contributed by atoms with Gasteiger partial charge in [-0.05, 0) is 13.0 Å². The van der Waals surface area contributed by atoms with Crippen LogP contribution in [0.1, 0.15) is 24.6 Å². The molecule has 104 valence electrons. The van der Waals surface area contributed by atoms with Crippen LogP contribution in [-0.2, 0) is 20.1 Å². The Labute approximate surface area is 113 Å². The molecule has 6 nitrogen and oxygen atoms in total. The number of aromatic nitrogens is 3. The maximum atomic E-state index is 5.48. The van der Waals surface area contributed by atoms with Crippen LogP contribution in [0.4, 0.5) is 6.01 Å². The monoisotopic (exact) mass is 263 g/mol. The van der Waals surface area contributed by atoms with Crippen LogP contribution in [0.25, 0.3) is 0 Å². The van der Waals surface area contributed by atoms with Gasteiger partial charge >= 0.3 is 0 Å². The lowest BCUT2D eigenvalue weighted by Gasteiger charge is -2.12. The molecule has 0 aliphatic heterocycles. The molecule has 2 aromatic rings. The molecule has 0 saturated carbocycles. The van der Waals surface area contributed by atoms with Gasteiger partial charge in [0.05, 0.1) is 18.4 Å². The SMILES string of the molecule is CCCNCc1coc(N(C)Cc2cnn(C)c2)n1. The zero-order chi connectivity index (χ0) is 13.7. The third kappa shape index (κ3) is 3.82. The van der Waals surface area contributed by atoms with Crippen LogP contribution in [0.3, 0.4) is 0 Å². The Morgan fingerprint density at radius 2 is 2.32 bits per heavy atom. The lowest BCUT2D eigenvalue weighted by atomic mass is 10.3. The molecular formula is C13H21N5O. The Balaban J connectivity index is 1.90. The summed E-state index contributed by atoms with van der Waals surface area (Å²) in [5.74, 6) is 0. The van der Waals surface area contributed by atoms with E-state index in [-0.39, 0.29) is 0 Å². The molecular weight excluding hydrogens is 242 g/mol. The van der Waals surface area contributed by atoms with Crippen molar-refractivity contribution in [2.45, 2.75) is 26.4 Å². The highest BCUT2D eigenvalue weighted by Gasteiger charge is 2.10. The van der Waals surface area contributed by atoms with E-state index >= 15 is 0 Å². The Morgan fingerprint density at radius 1 is 1.47 bits per heavy atom. The summed E-state index contributed by atoms with van der Waals surface area (Å²) in [5, 5.41) is 7.45. The standard InChI is InChI=1S/C13H21N5O/c1-4-5-14-7-12-10-19-13(16-12)17(2)8-11-6-15-18(3)9-11/h6,9-10,14H,4-5,7-8H2,1-3H3. The first-order chi connectivity index (χ1) is 9.19. The van der Waals surface area contributed by atoms with Crippen molar-refractivity contribution in [1.82, 2.24) is 20.1 Å². The van der Waals surface area contributed by atoms with E-state index in [1.807, 2.05) is 31.4 Å².